The summed E-state index contributed by atoms with van der Waals surface area (Å²) in [6.45, 7) is 102. The predicted molar refractivity (Wildman–Crippen MR) is 641 cm³/mol. The third-order valence-corrected chi connectivity index (χ3v) is 75.7. The Kier molecular flexibility index (Phi) is 47.9. The molecule has 12 nitrogen and oxygen atoms in total. The summed E-state index contributed by atoms with van der Waals surface area (Å²) in [4.78, 5) is 0. The minimum Gasteiger partial charge on any atom is -0.410 e. The third kappa shape index (κ3) is 36.4. The van der Waals surface area contributed by atoms with E-state index in [0.717, 1.165) is 124 Å². The van der Waals surface area contributed by atoms with E-state index in [9.17, 15) is 19.3 Å². The Morgan fingerprint density at radius 3 is 0.493 bits per heavy atom. The molecule has 0 radical (unpaired) electrons. The molecule has 0 bridgehead atoms. The number of unbranched alkanes of at least 4 members (excludes halogenated alkanes) is 4. The van der Waals surface area contributed by atoms with Crippen LogP contribution in [0.25, 0.3) is 0 Å². The maximum Gasteiger partial charge on any atom is 0.192 e. The van der Waals surface area contributed by atoms with Crippen molar-refractivity contribution < 1.29 is 54.8 Å². The number of benzene rings is 4. The van der Waals surface area contributed by atoms with Crippen LogP contribution in [0, 0.1) is 0 Å². The van der Waals surface area contributed by atoms with E-state index >= 15 is 0 Å². The van der Waals surface area contributed by atoms with Gasteiger partial charge in [-0.05, 0) is 244 Å². The fraction of sp³-hybridized carbons (Fsp3) is 0.667. The van der Waals surface area contributed by atoms with E-state index in [0.29, 0.717) is 12.3 Å². The third-order valence-electron chi connectivity index (χ3n) is 33.9. The van der Waals surface area contributed by atoms with Gasteiger partial charge in [-0.25, -0.2) is 0 Å². The van der Waals surface area contributed by atoms with Crippen LogP contribution < -0.4 is 21.2 Å². The Morgan fingerprint density at radius 2 is 0.373 bits per heavy atom. The van der Waals surface area contributed by atoms with Gasteiger partial charge in [0.15, 0.2) is 66.5 Å². The first kappa shape index (κ1) is 129. The Labute approximate surface area is 880 Å². The highest BCUT2D eigenvalue weighted by Crippen LogP contribution is 2.54. The van der Waals surface area contributed by atoms with Gasteiger partial charge in [-0.3, -0.25) is 0 Å². The summed E-state index contributed by atoms with van der Waals surface area (Å²) in [6.07, 6.45) is 34.8. The van der Waals surface area contributed by atoms with Gasteiger partial charge in [-0.15, -0.1) is 0 Å². The lowest BCUT2D eigenvalue weighted by molar-refractivity contribution is 0.130. The highest BCUT2D eigenvalue weighted by Gasteiger charge is 2.52. The topological polar surface area (TPSA) is 148 Å². The van der Waals surface area contributed by atoms with Crippen LogP contribution in [-0.2, 0) is 44.5 Å². The van der Waals surface area contributed by atoms with Crippen molar-refractivity contribution in [2.24, 2.45) is 0 Å². The minimum atomic E-state index is -2.85. The van der Waals surface area contributed by atoms with Gasteiger partial charge in [-0.1, -0.05) is 412 Å². The van der Waals surface area contributed by atoms with Gasteiger partial charge in [0.25, 0.3) is 0 Å². The van der Waals surface area contributed by atoms with E-state index in [1.807, 2.05) is 133 Å². The predicted octanol–water partition coefficient (Wildman–Crippen LogP) is 34.9. The first-order chi connectivity index (χ1) is 64.9. The van der Waals surface area contributed by atoms with Crippen molar-refractivity contribution in [3.63, 3.8) is 0 Å². The van der Waals surface area contributed by atoms with Crippen molar-refractivity contribution >= 4 is 102 Å². The van der Waals surface area contributed by atoms with E-state index < -0.39 is 80.8 Å². The van der Waals surface area contributed by atoms with Gasteiger partial charge in [0, 0.05) is 33.5 Å². The highest BCUT2D eigenvalue weighted by molar-refractivity contribution is 7.79. The van der Waals surface area contributed by atoms with Crippen LogP contribution in [0.5, 0.6) is 0 Å². The first-order valence-electron chi connectivity index (χ1n) is 54.5. The SMILES string of the molecule is CCCC=C1[C@H](O[Si](C)(C)C(C)(C)C)CC(=CCO)C[C@H]1O[Si](C)(C)C(C)(C)C.CCCC=C1[C@H](O[Si](C)(C)C(C)(C)C)CC(=CCO)C[C@H]1O[Si](C)(C)C(C)(C)C.CCCC=C1[C@H](O[Si](C)(C)C(C)(C)C)CC(=CCP(=O)(c2ccccc2)c2ccccc2)C[C@H]1O[Si](C)(C)C(C)(C)C.CCCC=C1[C@H](O[Si](C)(C)C(C)(C)C)CC(=CCP(=O)(c2ccccc2)c2ccccc2)C[C@H]1O[Si](C)(C)C(C)(C)C. The highest BCUT2D eigenvalue weighted by atomic mass is 31.2. The second kappa shape index (κ2) is 52.8. The number of aliphatic hydroxyl groups excluding tert-OH is 2. The lowest BCUT2D eigenvalue weighted by Crippen LogP contribution is -2.50. The molecule has 0 heterocycles. The Morgan fingerprint density at radius 1 is 0.239 bits per heavy atom. The summed E-state index contributed by atoms with van der Waals surface area (Å²) in [5.41, 5.74) is 10.5. The van der Waals surface area contributed by atoms with E-state index in [4.69, 9.17) is 35.4 Å². The summed E-state index contributed by atoms with van der Waals surface area (Å²) in [5, 5.41) is 23.9. The fourth-order valence-electron chi connectivity index (χ4n) is 16.3. The average molecular weight is 2130 g/mol. The molecule has 4 saturated carbocycles. The maximum atomic E-state index is 14.8. The average Bonchev–Trinajstić information content (AvgIpc) is 0.781. The lowest BCUT2D eigenvalue weighted by atomic mass is 9.85. The maximum absolute atomic E-state index is 14.8. The van der Waals surface area contributed by atoms with Gasteiger partial charge in [0.1, 0.15) is 14.3 Å². The molecular formula is C120H210O12P2Si8. The van der Waals surface area contributed by atoms with Crippen LogP contribution in [0.3, 0.4) is 0 Å². The molecule has 142 heavy (non-hydrogen) atoms. The molecule has 804 valence electrons. The van der Waals surface area contributed by atoms with Gasteiger partial charge < -0.3 is 54.8 Å². The molecule has 4 aliphatic rings. The largest absolute Gasteiger partial charge is 0.410 e. The molecular weight excluding hydrogens is 1920 g/mol. The quantitative estimate of drug-likeness (QED) is 0.0260. The summed E-state index contributed by atoms with van der Waals surface area (Å²) < 4.78 is 86.3. The molecule has 4 aromatic carbocycles. The molecule has 2 N–H and O–H groups in total. The Balaban J connectivity index is 0.000000339. The molecule has 4 aromatic rings. The monoisotopic (exact) mass is 2130 g/mol. The Hall–Kier alpha value is -3.40. The van der Waals surface area contributed by atoms with E-state index in [1.165, 1.54) is 44.6 Å². The molecule has 0 spiro atoms. The molecule has 0 amide bonds. The molecule has 0 aliphatic heterocycles. The van der Waals surface area contributed by atoms with Crippen LogP contribution in [0.2, 0.25) is 145 Å². The molecule has 0 unspecified atom stereocenters. The zero-order valence-electron chi connectivity index (χ0n) is 98.8. The van der Waals surface area contributed by atoms with Crippen molar-refractivity contribution in [3.8, 4) is 0 Å². The molecule has 8 rings (SSSR count). The number of allylic oxidation sites excluding steroid dienone is 6. The normalized spacial score (nSPS) is 20.3. The molecule has 8 atom stereocenters. The Bertz CT molecular complexity index is 4350. The van der Waals surface area contributed by atoms with Gasteiger partial charge in [0.05, 0.1) is 62.0 Å². The summed E-state index contributed by atoms with van der Waals surface area (Å²) in [5.74, 6) is 0. The van der Waals surface area contributed by atoms with E-state index in [-0.39, 0.29) is 102 Å². The summed E-state index contributed by atoms with van der Waals surface area (Å²) in [7, 11) is -21.6. The van der Waals surface area contributed by atoms with Crippen LogP contribution in [-0.4, -0.2) is 151 Å². The standard InChI is InChI=1S/2C36H57O3PSi2.2C24H48O3Si2/c2*1-12-13-24-32-33(38-41(8,9)35(2,3)4)27-29(28-34(32)39-42(10,11)36(5,6)7)25-26-40(37,30-20-16-14-17-21-30)31-22-18-15-19-23-31;2*1-12-13-14-20-21(26-28(8,9)23(2,3)4)17-19(15-16-25)18-22(20)27-29(10,11)24(5,6)7/h2*14-25,33-34H,12-13,26-28H2,1-11H3;2*14-15,21-22,25H,12-13,16-18H2,1-11H3/t2*33-,34-;2*21-,22-/m1111/s1. The smallest absolute Gasteiger partial charge is 0.192 e. The van der Waals surface area contributed by atoms with Gasteiger partial charge in [-0.2, -0.15) is 0 Å². The van der Waals surface area contributed by atoms with Gasteiger partial charge >= 0.3 is 0 Å². The lowest BCUT2D eigenvalue weighted by Gasteiger charge is -2.46. The molecule has 0 aromatic heterocycles. The fourth-order valence-corrected chi connectivity index (χ4v) is 31.6. The van der Waals surface area contributed by atoms with E-state index in [2.05, 4.69) is 335 Å². The van der Waals surface area contributed by atoms with E-state index in [1.54, 1.807) is 0 Å². The zero-order valence-corrected chi connectivity index (χ0v) is 109. The van der Waals surface area contributed by atoms with Crippen molar-refractivity contribution in [2.45, 2.75) is 490 Å². The number of hydrogen-bond donors (Lipinski definition) is 2. The molecule has 4 fully saturated rings. The second-order valence-corrected chi connectivity index (χ2v) is 97.3. The number of hydrogen-bond acceptors (Lipinski definition) is 12. The van der Waals surface area contributed by atoms with Crippen LogP contribution in [0.4, 0.5) is 0 Å². The van der Waals surface area contributed by atoms with Crippen LogP contribution in [0.15, 0.2) is 215 Å². The van der Waals surface area contributed by atoms with Crippen molar-refractivity contribution in [1.82, 2.24) is 0 Å². The zero-order chi connectivity index (χ0) is 108. The van der Waals surface area contributed by atoms with Crippen molar-refractivity contribution in [1.29, 1.82) is 0 Å². The number of aliphatic hydroxyl groups is 2. The first-order valence-corrected chi connectivity index (χ1v) is 81.5. The van der Waals surface area contributed by atoms with Crippen molar-refractivity contribution in [3.05, 3.63) is 215 Å². The summed E-state index contributed by atoms with van der Waals surface area (Å²) in [6, 6.07) is 40.1. The second-order valence-electron chi connectivity index (χ2n) is 53.5. The van der Waals surface area contributed by atoms with Crippen molar-refractivity contribution in [2.75, 3.05) is 25.5 Å². The minimum absolute atomic E-state index is 0.0138. The van der Waals surface area contributed by atoms with Gasteiger partial charge in [0.2, 0.25) is 0 Å². The van der Waals surface area contributed by atoms with Crippen LogP contribution in [0.1, 0.15) is 297 Å². The molecule has 4 aliphatic carbocycles. The van der Waals surface area contributed by atoms with Crippen LogP contribution >= 0.6 is 14.3 Å². The summed E-state index contributed by atoms with van der Waals surface area (Å²) >= 11 is 0. The number of rotatable bonds is 34. The molecule has 22 heteroatoms. The molecule has 0 saturated heterocycles.